The first-order chi connectivity index (χ1) is 9.73. The van der Waals surface area contributed by atoms with Crippen LogP contribution in [0, 0.1) is 6.92 Å². The zero-order chi connectivity index (χ0) is 16.0. The van der Waals surface area contributed by atoms with E-state index in [0.29, 0.717) is 5.56 Å². The Morgan fingerprint density at radius 1 is 1.19 bits per heavy atom. The highest BCUT2D eigenvalue weighted by molar-refractivity contribution is 5.97. The van der Waals surface area contributed by atoms with Gasteiger partial charge in [0.1, 0.15) is 0 Å². The Hall–Kier alpha value is -2.04. The molecule has 0 bridgehead atoms. The summed E-state index contributed by atoms with van der Waals surface area (Å²) in [7, 11) is 0. The van der Waals surface area contributed by atoms with E-state index in [2.05, 4.69) is 16.0 Å². The zero-order valence-electron chi connectivity index (χ0n) is 13.5. The van der Waals surface area contributed by atoms with Crippen molar-refractivity contribution < 1.29 is 9.59 Å². The third-order valence-electron chi connectivity index (χ3n) is 2.78. The Morgan fingerprint density at radius 2 is 1.86 bits per heavy atom. The third kappa shape index (κ3) is 5.85. The van der Waals surface area contributed by atoms with Crippen LogP contribution in [0.4, 0.5) is 5.69 Å². The average molecular weight is 291 g/mol. The number of nitrogens with one attached hydrogen (secondary N) is 3. The van der Waals surface area contributed by atoms with Crippen LogP contribution in [0.25, 0.3) is 0 Å². The Kier molecular flexibility index (Phi) is 5.76. The highest BCUT2D eigenvalue weighted by Gasteiger charge is 2.15. The van der Waals surface area contributed by atoms with Gasteiger partial charge in [-0.25, -0.2) is 0 Å². The van der Waals surface area contributed by atoms with Gasteiger partial charge < -0.3 is 16.0 Å². The first kappa shape index (κ1) is 17.0. The van der Waals surface area contributed by atoms with Gasteiger partial charge in [0.25, 0.3) is 5.91 Å². The molecule has 1 rings (SSSR count). The second-order valence-corrected chi connectivity index (χ2v) is 6.04. The molecule has 3 N–H and O–H groups in total. The van der Waals surface area contributed by atoms with Crippen molar-refractivity contribution in [1.82, 2.24) is 10.6 Å². The van der Waals surface area contributed by atoms with Crippen LogP contribution in [0.1, 0.15) is 43.6 Å². The zero-order valence-corrected chi connectivity index (χ0v) is 13.5. The van der Waals surface area contributed by atoms with Gasteiger partial charge in [-0.2, -0.15) is 0 Å². The molecule has 0 unspecified atom stereocenters. The maximum absolute atomic E-state index is 12.0. The molecule has 0 fully saturated rings. The first-order valence-electron chi connectivity index (χ1n) is 7.16. The second kappa shape index (κ2) is 7.11. The van der Waals surface area contributed by atoms with Crippen molar-refractivity contribution >= 4 is 17.5 Å². The maximum Gasteiger partial charge on any atom is 0.251 e. The van der Waals surface area contributed by atoms with Crippen LogP contribution in [0.5, 0.6) is 0 Å². The van der Waals surface area contributed by atoms with Crippen molar-refractivity contribution in [2.24, 2.45) is 0 Å². The van der Waals surface area contributed by atoms with Crippen molar-refractivity contribution in [2.75, 3.05) is 18.4 Å². The summed E-state index contributed by atoms with van der Waals surface area (Å²) in [4.78, 5) is 23.7. The summed E-state index contributed by atoms with van der Waals surface area (Å²) in [6.07, 6.45) is 0. The summed E-state index contributed by atoms with van der Waals surface area (Å²) in [5.74, 6) is -0.443. The summed E-state index contributed by atoms with van der Waals surface area (Å²) in [6.45, 7) is 10.5. The lowest BCUT2D eigenvalue weighted by Gasteiger charge is -2.20. The molecule has 1 aromatic carbocycles. The van der Waals surface area contributed by atoms with E-state index in [4.69, 9.17) is 0 Å². The van der Waals surface area contributed by atoms with Gasteiger partial charge in [0.2, 0.25) is 5.91 Å². The van der Waals surface area contributed by atoms with E-state index in [1.165, 1.54) is 0 Å². The highest BCUT2D eigenvalue weighted by Crippen LogP contribution is 2.16. The second-order valence-electron chi connectivity index (χ2n) is 6.04. The minimum absolute atomic E-state index is 0.0237. The molecule has 0 atom stereocenters. The molecule has 5 nitrogen and oxygen atoms in total. The molecule has 116 valence electrons. The van der Waals surface area contributed by atoms with Crippen molar-refractivity contribution in [3.63, 3.8) is 0 Å². The summed E-state index contributed by atoms with van der Waals surface area (Å²) in [6, 6.07) is 5.44. The van der Waals surface area contributed by atoms with Gasteiger partial charge in [-0.1, -0.05) is 0 Å². The molecule has 0 aliphatic carbocycles. The van der Waals surface area contributed by atoms with Gasteiger partial charge >= 0.3 is 0 Å². The summed E-state index contributed by atoms with van der Waals surface area (Å²) in [5.41, 5.74) is 2.27. The lowest BCUT2D eigenvalue weighted by Crippen LogP contribution is -2.45. The number of hydrogen-bond acceptors (Lipinski definition) is 3. The van der Waals surface area contributed by atoms with Gasteiger partial charge in [0, 0.05) is 23.3 Å². The Morgan fingerprint density at radius 3 is 2.38 bits per heavy atom. The first-order valence-corrected chi connectivity index (χ1v) is 7.16. The normalized spacial score (nSPS) is 10.9. The van der Waals surface area contributed by atoms with Gasteiger partial charge in [-0.05, 0) is 58.4 Å². The fourth-order valence-corrected chi connectivity index (χ4v) is 1.92. The van der Waals surface area contributed by atoms with Crippen molar-refractivity contribution in [3.8, 4) is 0 Å². The van der Waals surface area contributed by atoms with Gasteiger partial charge in [0.15, 0.2) is 0 Å². The number of carbonyl (C=O) groups is 2. The van der Waals surface area contributed by atoms with Crippen LogP contribution in [0.3, 0.4) is 0 Å². The van der Waals surface area contributed by atoms with Crippen LogP contribution < -0.4 is 16.0 Å². The van der Waals surface area contributed by atoms with Crippen LogP contribution in [-0.2, 0) is 4.79 Å². The molecule has 0 saturated heterocycles. The number of amides is 2. The maximum atomic E-state index is 12.0. The summed E-state index contributed by atoms with van der Waals surface area (Å²) in [5, 5.41) is 8.65. The molecule has 0 radical (unpaired) electrons. The predicted molar refractivity (Wildman–Crippen MR) is 85.6 cm³/mol. The summed E-state index contributed by atoms with van der Waals surface area (Å²) < 4.78 is 0. The largest absolute Gasteiger partial charge is 0.385 e. The van der Waals surface area contributed by atoms with Crippen LogP contribution >= 0.6 is 0 Å². The fraction of sp³-hybridized carbons (Fsp3) is 0.500. The van der Waals surface area contributed by atoms with Crippen molar-refractivity contribution in [2.45, 2.75) is 40.2 Å². The average Bonchev–Trinajstić information content (AvgIpc) is 2.36. The van der Waals surface area contributed by atoms with Crippen molar-refractivity contribution in [3.05, 3.63) is 29.3 Å². The number of aryl methyl sites for hydroxylation is 1. The van der Waals surface area contributed by atoms with E-state index in [0.717, 1.165) is 17.8 Å². The molecule has 21 heavy (non-hydrogen) atoms. The molecule has 0 heterocycles. The van der Waals surface area contributed by atoms with Gasteiger partial charge in [0.05, 0.1) is 6.54 Å². The van der Waals surface area contributed by atoms with Crippen molar-refractivity contribution in [1.29, 1.82) is 0 Å². The molecule has 0 aliphatic heterocycles. The number of benzene rings is 1. The third-order valence-corrected chi connectivity index (χ3v) is 2.78. The Labute approximate surface area is 126 Å². The number of rotatable bonds is 5. The quantitative estimate of drug-likeness (QED) is 0.778. The lowest BCUT2D eigenvalue weighted by atomic mass is 10.1. The molecular weight excluding hydrogens is 266 g/mol. The molecule has 0 spiro atoms. The molecule has 0 aromatic heterocycles. The molecule has 5 heteroatoms. The molecule has 0 saturated carbocycles. The molecule has 2 amide bonds. The van der Waals surface area contributed by atoms with E-state index >= 15 is 0 Å². The van der Waals surface area contributed by atoms with Crippen LogP contribution in [-0.4, -0.2) is 30.4 Å². The van der Waals surface area contributed by atoms with Crippen LogP contribution in [0.15, 0.2) is 18.2 Å². The van der Waals surface area contributed by atoms with E-state index in [1.807, 2.05) is 46.8 Å². The van der Waals surface area contributed by atoms with Gasteiger partial charge in [-0.3, -0.25) is 9.59 Å². The van der Waals surface area contributed by atoms with Crippen LogP contribution in [0.2, 0.25) is 0 Å². The SMILES string of the molecule is CCNc1ccc(C(=O)NCC(=O)NC(C)(C)C)cc1C. The van der Waals surface area contributed by atoms with E-state index in [-0.39, 0.29) is 23.9 Å². The monoisotopic (exact) mass is 291 g/mol. The highest BCUT2D eigenvalue weighted by atomic mass is 16.2. The smallest absolute Gasteiger partial charge is 0.251 e. The Balaban J connectivity index is 2.60. The number of carbonyl (C=O) groups excluding carboxylic acids is 2. The summed E-state index contributed by atoms with van der Waals surface area (Å²) >= 11 is 0. The lowest BCUT2D eigenvalue weighted by molar-refractivity contribution is -0.121. The van der Waals surface area contributed by atoms with E-state index < -0.39 is 0 Å². The minimum Gasteiger partial charge on any atom is -0.385 e. The molecule has 1 aromatic rings. The van der Waals surface area contributed by atoms with E-state index in [1.54, 1.807) is 6.07 Å². The molecular formula is C16H25N3O2. The molecule has 0 aliphatic rings. The fourth-order valence-electron chi connectivity index (χ4n) is 1.92. The standard InChI is InChI=1S/C16H25N3O2/c1-6-17-13-8-7-12(9-11(13)2)15(21)18-10-14(20)19-16(3,4)5/h7-9,17H,6,10H2,1-5H3,(H,18,21)(H,19,20). The number of anilines is 1. The topological polar surface area (TPSA) is 70.2 Å². The van der Waals surface area contributed by atoms with Gasteiger partial charge in [-0.15, -0.1) is 0 Å². The van der Waals surface area contributed by atoms with E-state index in [9.17, 15) is 9.59 Å². The predicted octanol–water partition coefficient (Wildman–Crippen LogP) is 2.07. The Bertz CT molecular complexity index is 519. The minimum atomic E-state index is -0.300. The number of hydrogen-bond donors (Lipinski definition) is 3.